The molecule has 1 aromatic carbocycles. The maximum absolute atomic E-state index is 12.0. The fourth-order valence-corrected chi connectivity index (χ4v) is 3.75. The molecule has 0 saturated carbocycles. The zero-order valence-corrected chi connectivity index (χ0v) is 15.8. The summed E-state index contributed by atoms with van der Waals surface area (Å²) in [5, 5.41) is 4.80. The number of nitrogens with one attached hydrogen (secondary N) is 1. The number of rotatable bonds is 7. The fourth-order valence-electron chi connectivity index (χ4n) is 3.04. The van der Waals surface area contributed by atoms with Crippen LogP contribution in [0.3, 0.4) is 0 Å². The van der Waals surface area contributed by atoms with Crippen LogP contribution in [0.5, 0.6) is 0 Å². The molecule has 0 aliphatic carbocycles. The van der Waals surface area contributed by atoms with Gasteiger partial charge >= 0.3 is 5.97 Å². The lowest BCUT2D eigenvalue weighted by Gasteiger charge is -2.19. The van der Waals surface area contributed by atoms with Gasteiger partial charge in [-0.2, -0.15) is 0 Å². The van der Waals surface area contributed by atoms with E-state index in [1.165, 1.54) is 18.5 Å². The summed E-state index contributed by atoms with van der Waals surface area (Å²) in [5.74, 6) is -0.666. The topological polar surface area (TPSA) is 58.6 Å². The first kappa shape index (κ1) is 18.5. The number of nitrogens with zero attached hydrogens (tertiary/aromatic N) is 1. The van der Waals surface area contributed by atoms with Crippen molar-refractivity contribution in [1.82, 2.24) is 0 Å². The van der Waals surface area contributed by atoms with Crippen LogP contribution in [0, 0.1) is 6.92 Å². The van der Waals surface area contributed by atoms with Gasteiger partial charge in [-0.3, -0.25) is 9.59 Å². The summed E-state index contributed by atoms with van der Waals surface area (Å²) in [6.45, 7) is 3.90. The number of anilines is 2. The van der Waals surface area contributed by atoms with Crippen molar-refractivity contribution in [2.45, 2.75) is 32.6 Å². The van der Waals surface area contributed by atoms with Gasteiger partial charge in [-0.1, -0.05) is 6.07 Å². The Morgan fingerprint density at radius 2 is 2.04 bits per heavy atom. The molecule has 1 aliphatic heterocycles. The third kappa shape index (κ3) is 5.08. The van der Waals surface area contributed by atoms with Gasteiger partial charge in [0.05, 0.1) is 6.42 Å². The van der Waals surface area contributed by atoms with Gasteiger partial charge in [0.25, 0.3) is 5.91 Å². The largest absolute Gasteiger partial charge is 0.456 e. The van der Waals surface area contributed by atoms with Crippen LogP contribution >= 0.6 is 11.3 Å². The van der Waals surface area contributed by atoms with Crippen LogP contribution in [0.2, 0.25) is 0 Å². The van der Waals surface area contributed by atoms with Gasteiger partial charge in [0.1, 0.15) is 0 Å². The molecule has 1 amide bonds. The van der Waals surface area contributed by atoms with E-state index in [0.717, 1.165) is 29.2 Å². The predicted molar refractivity (Wildman–Crippen MR) is 105 cm³/mol. The second-order valence-corrected chi connectivity index (χ2v) is 7.51. The molecule has 2 aromatic rings. The fraction of sp³-hybridized carbons (Fsp3) is 0.400. The molecule has 138 valence electrons. The van der Waals surface area contributed by atoms with Gasteiger partial charge in [0.2, 0.25) is 0 Å². The number of hydrogen-bond donors (Lipinski definition) is 1. The standard InChI is InChI=1S/C20H24N2O3S/c1-15-13-16(22-10-2-3-11-22)6-8-18(15)21-19(23)14-25-20(24)9-7-17-5-4-12-26-17/h4-6,8,12-13H,2-3,7,9-11,14H2,1H3,(H,21,23). The molecule has 1 aromatic heterocycles. The highest BCUT2D eigenvalue weighted by Crippen LogP contribution is 2.25. The van der Waals surface area contributed by atoms with Gasteiger partial charge in [-0.25, -0.2) is 0 Å². The van der Waals surface area contributed by atoms with Crippen LogP contribution in [0.25, 0.3) is 0 Å². The van der Waals surface area contributed by atoms with Crippen molar-refractivity contribution in [1.29, 1.82) is 0 Å². The van der Waals surface area contributed by atoms with E-state index < -0.39 is 0 Å². The van der Waals surface area contributed by atoms with E-state index in [9.17, 15) is 9.59 Å². The maximum Gasteiger partial charge on any atom is 0.306 e. The zero-order valence-electron chi connectivity index (χ0n) is 15.0. The molecule has 26 heavy (non-hydrogen) atoms. The van der Waals surface area contributed by atoms with Crippen molar-refractivity contribution in [2.75, 3.05) is 29.9 Å². The summed E-state index contributed by atoms with van der Waals surface area (Å²) < 4.78 is 5.06. The Bertz CT molecular complexity index is 752. The van der Waals surface area contributed by atoms with Crippen molar-refractivity contribution in [3.8, 4) is 0 Å². The molecule has 0 bridgehead atoms. The minimum atomic E-state index is -0.352. The maximum atomic E-state index is 12.0. The molecule has 1 fully saturated rings. The van der Waals surface area contributed by atoms with Crippen LogP contribution in [-0.4, -0.2) is 31.6 Å². The lowest BCUT2D eigenvalue weighted by Crippen LogP contribution is -2.22. The Balaban J connectivity index is 1.44. The highest BCUT2D eigenvalue weighted by Gasteiger charge is 2.14. The minimum absolute atomic E-state index is 0.253. The summed E-state index contributed by atoms with van der Waals surface area (Å²) in [6, 6.07) is 9.98. The highest BCUT2D eigenvalue weighted by atomic mass is 32.1. The van der Waals surface area contributed by atoms with Gasteiger partial charge < -0.3 is 15.0 Å². The van der Waals surface area contributed by atoms with Crippen molar-refractivity contribution in [3.63, 3.8) is 0 Å². The number of esters is 1. The van der Waals surface area contributed by atoms with Crippen molar-refractivity contribution in [3.05, 3.63) is 46.2 Å². The number of benzene rings is 1. The number of amides is 1. The summed E-state index contributed by atoms with van der Waals surface area (Å²) in [7, 11) is 0. The Hall–Kier alpha value is -2.34. The average Bonchev–Trinajstić information content (AvgIpc) is 3.33. The number of ether oxygens (including phenoxy) is 1. The molecule has 3 rings (SSSR count). The Morgan fingerprint density at radius 3 is 2.73 bits per heavy atom. The molecule has 5 nitrogen and oxygen atoms in total. The SMILES string of the molecule is Cc1cc(N2CCCC2)ccc1NC(=O)COC(=O)CCc1cccs1. The van der Waals surface area contributed by atoms with E-state index in [0.29, 0.717) is 6.42 Å². The van der Waals surface area contributed by atoms with E-state index in [1.54, 1.807) is 11.3 Å². The Kier molecular flexibility index (Phi) is 6.28. The molecule has 0 radical (unpaired) electrons. The second kappa shape index (κ2) is 8.85. The summed E-state index contributed by atoms with van der Waals surface area (Å²) in [5.41, 5.74) is 2.96. The number of carbonyl (C=O) groups is 2. The molecular weight excluding hydrogens is 348 g/mol. The van der Waals surface area contributed by atoms with E-state index in [4.69, 9.17) is 4.74 Å². The predicted octanol–water partition coefficient (Wildman–Crippen LogP) is 3.77. The van der Waals surface area contributed by atoms with E-state index in [-0.39, 0.29) is 24.9 Å². The second-order valence-electron chi connectivity index (χ2n) is 6.48. The van der Waals surface area contributed by atoms with Gasteiger partial charge in [0, 0.05) is 29.3 Å². The van der Waals surface area contributed by atoms with E-state index >= 15 is 0 Å². The normalized spacial score (nSPS) is 13.7. The van der Waals surface area contributed by atoms with Crippen molar-refractivity contribution in [2.24, 2.45) is 0 Å². The smallest absolute Gasteiger partial charge is 0.306 e. The third-order valence-electron chi connectivity index (χ3n) is 4.48. The van der Waals surface area contributed by atoms with Gasteiger partial charge in [-0.05, 0) is 61.4 Å². The number of thiophene rings is 1. The number of carbonyl (C=O) groups excluding carboxylic acids is 2. The van der Waals surface area contributed by atoms with Crippen molar-refractivity contribution < 1.29 is 14.3 Å². The van der Waals surface area contributed by atoms with E-state index in [2.05, 4.69) is 16.3 Å². The minimum Gasteiger partial charge on any atom is -0.456 e. The lowest BCUT2D eigenvalue weighted by atomic mass is 10.1. The summed E-state index contributed by atoms with van der Waals surface area (Å²) in [6.07, 6.45) is 3.40. The monoisotopic (exact) mass is 372 g/mol. The Morgan fingerprint density at radius 1 is 1.23 bits per heavy atom. The van der Waals surface area contributed by atoms with Crippen molar-refractivity contribution >= 4 is 34.6 Å². The van der Waals surface area contributed by atoms with Gasteiger partial charge in [-0.15, -0.1) is 11.3 Å². The quantitative estimate of drug-likeness (QED) is 0.752. The van der Waals surface area contributed by atoms with Crippen LogP contribution in [0.1, 0.15) is 29.7 Å². The summed E-state index contributed by atoms with van der Waals surface area (Å²) in [4.78, 5) is 27.3. The molecule has 0 unspecified atom stereocenters. The molecule has 2 heterocycles. The highest BCUT2D eigenvalue weighted by molar-refractivity contribution is 7.09. The number of hydrogen-bond acceptors (Lipinski definition) is 5. The van der Waals surface area contributed by atoms with Crippen LogP contribution in [0.4, 0.5) is 11.4 Å². The molecule has 6 heteroatoms. The average molecular weight is 372 g/mol. The number of aryl methyl sites for hydroxylation is 2. The Labute approximate surface area is 158 Å². The molecule has 0 spiro atoms. The molecular formula is C20H24N2O3S. The van der Waals surface area contributed by atoms with Gasteiger partial charge in [0.15, 0.2) is 6.61 Å². The molecule has 1 aliphatic rings. The van der Waals surface area contributed by atoms with Crippen LogP contribution < -0.4 is 10.2 Å². The molecule has 1 N–H and O–H groups in total. The van der Waals surface area contributed by atoms with Crippen LogP contribution in [-0.2, 0) is 20.7 Å². The molecule has 0 atom stereocenters. The van der Waals surface area contributed by atoms with E-state index in [1.807, 2.05) is 36.6 Å². The first-order valence-corrected chi connectivity index (χ1v) is 9.83. The third-order valence-corrected chi connectivity index (χ3v) is 5.41. The zero-order chi connectivity index (χ0) is 18.4. The lowest BCUT2D eigenvalue weighted by molar-refractivity contribution is -0.147. The molecule has 1 saturated heterocycles. The first-order chi connectivity index (χ1) is 12.6. The van der Waals surface area contributed by atoms with Crippen LogP contribution in [0.15, 0.2) is 35.7 Å². The summed E-state index contributed by atoms with van der Waals surface area (Å²) >= 11 is 1.61. The first-order valence-electron chi connectivity index (χ1n) is 8.95.